The number of carbonyl (C=O) groups is 1. The molecule has 132 valence electrons. The van der Waals surface area contributed by atoms with Crippen LogP contribution in [-0.4, -0.2) is 25.2 Å². The summed E-state index contributed by atoms with van der Waals surface area (Å²) in [6.45, 7) is 2.70. The monoisotopic (exact) mass is 337 g/mol. The number of methoxy groups -OCH3 is 1. The Balaban J connectivity index is 1.57. The van der Waals surface area contributed by atoms with E-state index in [1.54, 1.807) is 7.11 Å². The average molecular weight is 337 g/mol. The maximum atomic E-state index is 13.8. The Morgan fingerprint density at radius 2 is 1.92 bits per heavy atom. The van der Waals surface area contributed by atoms with Crippen molar-refractivity contribution in [1.29, 1.82) is 0 Å². The number of carbonyl (C=O) groups excluding carboxylic acids is 1. The summed E-state index contributed by atoms with van der Waals surface area (Å²) >= 11 is 0. The quantitative estimate of drug-likeness (QED) is 0.888. The van der Waals surface area contributed by atoms with Gasteiger partial charge in [0, 0.05) is 31.1 Å². The lowest BCUT2D eigenvalue weighted by molar-refractivity contribution is -0.124. The van der Waals surface area contributed by atoms with Crippen molar-refractivity contribution in [2.45, 2.75) is 50.5 Å². The highest BCUT2D eigenvalue weighted by Gasteiger charge is 2.47. The van der Waals surface area contributed by atoms with Crippen LogP contribution in [-0.2, 0) is 9.53 Å². The summed E-state index contributed by atoms with van der Waals surface area (Å²) in [5, 5.41) is 2.95. The van der Waals surface area contributed by atoms with Crippen LogP contribution in [0.25, 0.3) is 0 Å². The van der Waals surface area contributed by atoms with E-state index in [0.29, 0.717) is 18.9 Å². The summed E-state index contributed by atoms with van der Waals surface area (Å²) in [5.41, 5.74) is -0.249. The van der Waals surface area contributed by atoms with Crippen molar-refractivity contribution in [3.05, 3.63) is 35.4 Å². The van der Waals surface area contributed by atoms with E-state index in [2.05, 4.69) is 12.2 Å². The molecule has 1 amide bonds. The fourth-order valence-corrected chi connectivity index (χ4v) is 3.79. The molecule has 2 aliphatic rings. The smallest absolute Gasteiger partial charge is 0.223 e. The highest BCUT2D eigenvalue weighted by atomic mass is 19.1. The predicted molar refractivity (Wildman–Crippen MR) is 87.6 cm³/mol. The van der Waals surface area contributed by atoms with Crippen LogP contribution < -0.4 is 5.32 Å². The summed E-state index contributed by atoms with van der Waals surface area (Å²) in [5.74, 6) is -1.25. The van der Waals surface area contributed by atoms with Crippen molar-refractivity contribution in [2.24, 2.45) is 11.8 Å². The predicted octanol–water partition coefficient (Wildman–Crippen LogP) is 3.78. The molecular weight excluding hydrogens is 312 g/mol. The van der Waals surface area contributed by atoms with Gasteiger partial charge in [0.15, 0.2) is 0 Å². The Morgan fingerprint density at radius 1 is 1.29 bits per heavy atom. The maximum absolute atomic E-state index is 13.8. The molecule has 0 heterocycles. The first-order chi connectivity index (χ1) is 11.5. The van der Waals surface area contributed by atoms with Gasteiger partial charge in [-0.15, -0.1) is 0 Å². The maximum Gasteiger partial charge on any atom is 0.223 e. The number of rotatable bonds is 5. The molecule has 1 aromatic rings. The van der Waals surface area contributed by atoms with Crippen molar-refractivity contribution in [1.82, 2.24) is 5.32 Å². The minimum absolute atomic E-state index is 0.0468. The van der Waals surface area contributed by atoms with Crippen LogP contribution in [0.3, 0.4) is 0 Å². The second-order valence-electron chi connectivity index (χ2n) is 7.37. The zero-order valence-electron chi connectivity index (χ0n) is 14.3. The first kappa shape index (κ1) is 17.3. The number of ether oxygens (including phenoxy) is 1. The fraction of sp³-hybridized carbons (Fsp3) is 0.632. The summed E-state index contributed by atoms with van der Waals surface area (Å²) in [6.07, 6.45) is 4.55. The SMILES string of the molecule is COC1(CNC(=O)C2CC2c2c(F)cccc2F)CCC(C)CC1. The van der Waals surface area contributed by atoms with Gasteiger partial charge in [-0.3, -0.25) is 4.79 Å². The highest BCUT2D eigenvalue weighted by molar-refractivity contribution is 5.83. The minimum Gasteiger partial charge on any atom is -0.376 e. The molecule has 3 nitrogen and oxygen atoms in total. The van der Waals surface area contributed by atoms with E-state index in [-0.39, 0.29) is 28.9 Å². The van der Waals surface area contributed by atoms with Gasteiger partial charge in [0.25, 0.3) is 0 Å². The van der Waals surface area contributed by atoms with E-state index < -0.39 is 11.6 Å². The molecule has 2 fully saturated rings. The molecular formula is C19H25F2NO2. The second kappa shape index (κ2) is 6.79. The lowest BCUT2D eigenvalue weighted by Gasteiger charge is -2.38. The molecule has 5 heteroatoms. The van der Waals surface area contributed by atoms with Crippen LogP contribution >= 0.6 is 0 Å². The molecule has 2 unspecified atom stereocenters. The summed E-state index contributed by atoms with van der Waals surface area (Å²) < 4.78 is 33.3. The van der Waals surface area contributed by atoms with E-state index in [0.717, 1.165) is 25.7 Å². The third kappa shape index (κ3) is 3.46. The zero-order chi connectivity index (χ0) is 17.3. The van der Waals surface area contributed by atoms with Crippen LogP contribution in [0.15, 0.2) is 18.2 Å². The molecule has 2 aliphatic carbocycles. The van der Waals surface area contributed by atoms with Crippen LogP contribution in [0, 0.1) is 23.5 Å². The number of halogens is 2. The molecule has 24 heavy (non-hydrogen) atoms. The van der Waals surface area contributed by atoms with Crippen LogP contribution in [0.4, 0.5) is 8.78 Å². The van der Waals surface area contributed by atoms with E-state index in [1.807, 2.05) is 0 Å². The fourth-order valence-electron chi connectivity index (χ4n) is 3.79. The number of hydrogen-bond donors (Lipinski definition) is 1. The molecule has 0 saturated heterocycles. The van der Waals surface area contributed by atoms with E-state index in [1.165, 1.54) is 18.2 Å². The first-order valence-corrected chi connectivity index (χ1v) is 8.72. The largest absolute Gasteiger partial charge is 0.376 e. The molecule has 3 rings (SSSR count). The molecule has 0 aromatic heterocycles. The average Bonchev–Trinajstić information content (AvgIpc) is 3.35. The number of amides is 1. The van der Waals surface area contributed by atoms with Crippen LogP contribution in [0.1, 0.15) is 50.5 Å². The summed E-state index contributed by atoms with van der Waals surface area (Å²) in [7, 11) is 1.69. The van der Waals surface area contributed by atoms with Crippen molar-refractivity contribution in [3.63, 3.8) is 0 Å². The van der Waals surface area contributed by atoms with Gasteiger partial charge in [0.2, 0.25) is 5.91 Å². The molecule has 1 N–H and O–H groups in total. The lowest BCUT2D eigenvalue weighted by Crippen LogP contribution is -2.47. The van der Waals surface area contributed by atoms with Gasteiger partial charge < -0.3 is 10.1 Å². The van der Waals surface area contributed by atoms with E-state index in [9.17, 15) is 13.6 Å². The molecule has 0 radical (unpaired) electrons. The normalized spacial score (nSPS) is 32.4. The second-order valence-corrected chi connectivity index (χ2v) is 7.37. The highest BCUT2D eigenvalue weighted by Crippen LogP contribution is 2.49. The Labute approximate surface area is 141 Å². The Hall–Kier alpha value is -1.49. The van der Waals surface area contributed by atoms with Gasteiger partial charge in [-0.25, -0.2) is 8.78 Å². The zero-order valence-corrected chi connectivity index (χ0v) is 14.3. The van der Waals surface area contributed by atoms with Gasteiger partial charge >= 0.3 is 0 Å². The number of hydrogen-bond acceptors (Lipinski definition) is 2. The molecule has 0 spiro atoms. The molecule has 2 atom stereocenters. The van der Waals surface area contributed by atoms with Gasteiger partial charge in [0.05, 0.1) is 5.60 Å². The molecule has 0 bridgehead atoms. The number of benzene rings is 1. The Bertz CT molecular complexity index is 591. The Kier molecular flexibility index (Phi) is 4.90. The van der Waals surface area contributed by atoms with E-state index in [4.69, 9.17) is 4.74 Å². The summed E-state index contributed by atoms with van der Waals surface area (Å²) in [4.78, 5) is 12.4. The minimum atomic E-state index is -0.565. The summed E-state index contributed by atoms with van der Waals surface area (Å²) in [6, 6.07) is 3.83. The third-order valence-corrected chi connectivity index (χ3v) is 5.70. The van der Waals surface area contributed by atoms with Crippen molar-refractivity contribution < 1.29 is 18.3 Å². The van der Waals surface area contributed by atoms with Gasteiger partial charge in [0.1, 0.15) is 11.6 Å². The van der Waals surface area contributed by atoms with E-state index >= 15 is 0 Å². The van der Waals surface area contributed by atoms with Gasteiger partial charge in [-0.2, -0.15) is 0 Å². The van der Waals surface area contributed by atoms with Crippen LogP contribution in [0.5, 0.6) is 0 Å². The standard InChI is InChI=1S/C19H25F2NO2/c1-12-6-8-19(24-2,9-7-12)11-22-18(23)14-10-13(14)17-15(20)4-3-5-16(17)21/h3-5,12-14H,6-11H2,1-2H3,(H,22,23). The Morgan fingerprint density at radius 3 is 2.50 bits per heavy atom. The van der Waals surface area contributed by atoms with Crippen molar-refractivity contribution >= 4 is 5.91 Å². The first-order valence-electron chi connectivity index (χ1n) is 8.72. The van der Waals surface area contributed by atoms with Gasteiger partial charge in [-0.05, 0) is 50.2 Å². The molecule has 1 aromatic carbocycles. The molecule has 0 aliphatic heterocycles. The lowest BCUT2D eigenvalue weighted by atomic mass is 9.79. The van der Waals surface area contributed by atoms with Crippen LogP contribution in [0.2, 0.25) is 0 Å². The number of nitrogens with one attached hydrogen (secondary N) is 1. The van der Waals surface area contributed by atoms with Gasteiger partial charge in [-0.1, -0.05) is 13.0 Å². The topological polar surface area (TPSA) is 38.3 Å². The molecule has 2 saturated carbocycles. The third-order valence-electron chi connectivity index (χ3n) is 5.70. The van der Waals surface area contributed by atoms with Crippen molar-refractivity contribution in [2.75, 3.05) is 13.7 Å². The van der Waals surface area contributed by atoms with Crippen molar-refractivity contribution in [3.8, 4) is 0 Å².